The van der Waals surface area contributed by atoms with Gasteiger partial charge in [-0.3, -0.25) is 4.79 Å². The Bertz CT molecular complexity index is 7380. The van der Waals surface area contributed by atoms with E-state index in [2.05, 4.69) is 212 Å². The minimum atomic E-state index is -1.39. The molecule has 0 radical (unpaired) electrons. The van der Waals surface area contributed by atoms with E-state index in [-0.39, 0.29) is 32.1 Å². The van der Waals surface area contributed by atoms with Crippen molar-refractivity contribution in [2.45, 2.75) is 38.2 Å². The molecule has 5 nitrogen and oxygen atoms in total. The van der Waals surface area contributed by atoms with E-state index in [0.29, 0.717) is 16.1 Å². The molecule has 0 fully saturated rings. The van der Waals surface area contributed by atoms with E-state index in [1.807, 2.05) is 249 Å². The van der Waals surface area contributed by atoms with Gasteiger partial charge in [0.15, 0.2) is 5.78 Å². The number of benzene rings is 18. The summed E-state index contributed by atoms with van der Waals surface area (Å²) in [6, 6.07) is 145. The van der Waals surface area contributed by atoms with E-state index >= 15 is 0 Å². The maximum atomic E-state index is 12.7. The SMILES string of the molecule is C.Clc1ccc(-c2ccccc2Br)cc1.Clc1ccc2c(c1)C(c1ccccc1)(c1ccc(-c3cccc4c3oc3ccccc34)cc1)c1ccccc1-2.O=C(c1ccccc1)c1ccc(-c2cccc3c2oc2ccccc23)cc1.OC(c1ccccc1)(c1ccc(-c2cccc3c2oc2ccccc23)cc1)c1ccccc1-c1ccc(Cl)cc1.[CH2-]CCC.[Li+]. The molecule has 0 spiro atoms. The van der Waals surface area contributed by atoms with E-state index in [1.165, 1.54) is 50.9 Å². The molecule has 3 aromatic heterocycles. The van der Waals surface area contributed by atoms with Crippen LogP contribution in [0, 0.1) is 6.92 Å². The van der Waals surface area contributed by atoms with Gasteiger partial charge < -0.3 is 25.3 Å². The Kier molecular flexibility index (Phi) is 26.5. The van der Waals surface area contributed by atoms with Crippen molar-refractivity contribution in [3.8, 4) is 66.8 Å². The summed E-state index contributed by atoms with van der Waals surface area (Å²) in [5, 5.41) is 21.6. The molecule has 2 atom stereocenters. The van der Waals surface area contributed by atoms with Gasteiger partial charge in [0.25, 0.3) is 0 Å². The number of carbonyl (C=O) groups is 1. The van der Waals surface area contributed by atoms with Crippen LogP contribution in [-0.4, -0.2) is 10.9 Å². The van der Waals surface area contributed by atoms with Crippen molar-refractivity contribution in [2.24, 2.45) is 0 Å². The third-order valence-electron chi connectivity index (χ3n) is 23.2. The van der Waals surface area contributed by atoms with Crippen LogP contribution in [0.1, 0.15) is 82.1 Å². The van der Waals surface area contributed by atoms with Gasteiger partial charge >= 0.3 is 18.9 Å². The molecule has 0 amide bonds. The van der Waals surface area contributed by atoms with E-state index in [4.69, 9.17) is 48.1 Å². The Labute approximate surface area is 770 Å². The number of para-hydroxylation sites is 6. The number of furan rings is 3. The summed E-state index contributed by atoms with van der Waals surface area (Å²) in [5.74, 6) is 0.0316. The first kappa shape index (κ1) is 86.5. The second-order valence-electron chi connectivity index (χ2n) is 30.6. The summed E-state index contributed by atoms with van der Waals surface area (Å²) in [6.45, 7) is 5.72. The Morgan fingerprint density at radius 1 is 0.333 bits per heavy atom. The first-order valence-corrected chi connectivity index (χ1v) is 43.3. The van der Waals surface area contributed by atoms with Crippen molar-refractivity contribution in [3.63, 3.8) is 0 Å². The summed E-state index contributed by atoms with van der Waals surface area (Å²) in [5.41, 5.74) is 25.3. The van der Waals surface area contributed by atoms with Crippen molar-refractivity contribution < 1.29 is 42.0 Å². The number of fused-ring (bicyclic) bond motifs is 12. The van der Waals surface area contributed by atoms with Crippen molar-refractivity contribution in [1.82, 2.24) is 0 Å². The van der Waals surface area contributed by atoms with E-state index in [0.717, 1.165) is 148 Å². The maximum absolute atomic E-state index is 12.7. The molecule has 0 bridgehead atoms. The van der Waals surface area contributed by atoms with Gasteiger partial charge in [0.1, 0.15) is 39.1 Å². The van der Waals surface area contributed by atoms with Gasteiger partial charge in [-0.05, 0) is 144 Å². The maximum Gasteiger partial charge on any atom is 1.00 e. The van der Waals surface area contributed by atoms with E-state index < -0.39 is 11.0 Å². The number of hydrogen-bond acceptors (Lipinski definition) is 5. The summed E-state index contributed by atoms with van der Waals surface area (Å²) < 4.78 is 19.9. The van der Waals surface area contributed by atoms with E-state index in [9.17, 15) is 9.90 Å². The number of halogens is 4. The zero-order valence-corrected chi connectivity index (χ0v) is 72.6. The van der Waals surface area contributed by atoms with Crippen LogP contribution in [0.4, 0.5) is 0 Å². The summed E-state index contributed by atoms with van der Waals surface area (Å²) >= 11 is 22.2. The Balaban J connectivity index is 0.000000127. The van der Waals surface area contributed by atoms with Gasteiger partial charge in [-0.15, -0.1) is 0 Å². The van der Waals surface area contributed by atoms with Gasteiger partial charge in [0.2, 0.25) is 0 Å². The summed E-state index contributed by atoms with van der Waals surface area (Å²) in [4.78, 5) is 12.6. The minimum absolute atomic E-state index is 0. The Morgan fingerprint density at radius 3 is 1.16 bits per heavy atom. The van der Waals surface area contributed by atoms with Crippen LogP contribution in [0.25, 0.3) is 133 Å². The number of ketones is 1. The Hall–Kier alpha value is -13.1. The van der Waals surface area contributed by atoms with Gasteiger partial charge in [0, 0.05) is 85.2 Å². The second kappa shape index (κ2) is 38.6. The average Bonchev–Trinajstić information content (AvgIpc) is 1.52. The topological polar surface area (TPSA) is 76.7 Å². The van der Waals surface area contributed by atoms with Crippen LogP contribution in [0.3, 0.4) is 0 Å². The second-order valence-corrected chi connectivity index (χ2v) is 32.8. The van der Waals surface area contributed by atoms with Gasteiger partial charge in [-0.25, -0.2) is 0 Å². The standard InChI is InChI=1S/C37H25ClO2.C37H23ClO.C25H16O2.C12H8BrCl.C4H9.CH4.Li/c38-29-23-19-25(20-24-29)30-11-4-6-15-34(30)37(39,27-9-2-1-3-10-27)28-21-17-26(18-22-28)31-13-8-14-33-32-12-5-7-16-35(32)40-36(31)33;38-27-21-22-30-29-11-4-6-15-33(29)37(34(30)23-27,25-9-2-1-3-10-25)26-19-17-24(18-20-26)28-13-8-14-32-31-12-5-7-16-35(31)39-36(28)32;26-24(18-7-2-1-3-8-18)19-15-13-17(14-16-19)20-10-6-11-22-21-9-4-5-12-23(21)27-25(20)22;13-12-4-2-1-3-11(12)9-5-7-10(14)8-6-9;1-3-4-2;;/h1-24,39H;1-23H;1-16H;1-8H;1,3-4H2,2H3;1H4;/q;;;;-1;;+1. The van der Waals surface area contributed by atoms with Crippen molar-refractivity contribution >= 4 is 122 Å². The minimum Gasteiger partial charge on any atom is -0.455 e. The van der Waals surface area contributed by atoms with Gasteiger partial charge in [-0.1, -0.05) is 442 Å². The van der Waals surface area contributed by atoms with Crippen molar-refractivity contribution in [2.75, 3.05) is 0 Å². The molecule has 3 heterocycles. The number of hydrogen-bond donors (Lipinski definition) is 1. The molecule has 1 aliphatic carbocycles. The van der Waals surface area contributed by atoms with Crippen LogP contribution >= 0.6 is 50.7 Å². The van der Waals surface area contributed by atoms with E-state index in [1.54, 1.807) is 0 Å². The van der Waals surface area contributed by atoms with Crippen LogP contribution < -0.4 is 18.9 Å². The predicted molar refractivity (Wildman–Crippen MR) is 527 cm³/mol. The molecule has 10 heteroatoms. The first-order chi connectivity index (χ1) is 60.9. The summed E-state index contributed by atoms with van der Waals surface area (Å²) in [7, 11) is 0. The largest absolute Gasteiger partial charge is 1.00 e. The molecule has 0 aliphatic heterocycles. The molecular weight excluding hydrogens is 1670 g/mol. The molecule has 608 valence electrons. The van der Waals surface area contributed by atoms with Gasteiger partial charge in [0.05, 0.1) is 5.41 Å². The molecule has 22 rings (SSSR count). The molecule has 0 saturated heterocycles. The van der Waals surface area contributed by atoms with Crippen molar-refractivity contribution in [1.29, 1.82) is 0 Å². The zero-order chi connectivity index (χ0) is 84.7. The zero-order valence-electron chi connectivity index (χ0n) is 68.7. The number of carbonyl (C=O) groups excluding carboxylic acids is 1. The smallest absolute Gasteiger partial charge is 0.455 e. The predicted octanol–water partition coefficient (Wildman–Crippen LogP) is 30.6. The van der Waals surface area contributed by atoms with Crippen LogP contribution in [0.5, 0.6) is 0 Å². The van der Waals surface area contributed by atoms with Crippen LogP contribution in [-0.2, 0) is 11.0 Å². The number of unbranched alkanes of at least 4 members (excludes halogenated alkanes) is 1. The molecular formula is C116H85BrCl3LiO5. The fourth-order valence-electron chi connectivity index (χ4n) is 17.2. The third-order valence-corrected chi connectivity index (χ3v) is 24.6. The fourth-order valence-corrected chi connectivity index (χ4v) is 18.1. The monoisotopic (exact) mass is 1750 g/mol. The molecule has 126 heavy (non-hydrogen) atoms. The van der Waals surface area contributed by atoms with Crippen molar-refractivity contribution in [3.05, 3.63) is 507 Å². The molecule has 21 aromatic rings. The number of aliphatic hydroxyl groups is 1. The van der Waals surface area contributed by atoms with Crippen LogP contribution in [0.15, 0.2) is 448 Å². The van der Waals surface area contributed by atoms with Crippen LogP contribution in [0.2, 0.25) is 15.1 Å². The quantitative estimate of drug-likeness (QED) is 0.0539. The number of rotatable bonds is 13. The third kappa shape index (κ3) is 17.0. The fraction of sp³-hybridized carbons (Fsp3) is 0.0517. The van der Waals surface area contributed by atoms with Gasteiger partial charge in [-0.2, -0.15) is 6.42 Å². The Morgan fingerprint density at radius 2 is 0.667 bits per heavy atom. The first-order valence-electron chi connectivity index (χ1n) is 41.4. The molecule has 2 unspecified atom stereocenters. The molecule has 1 N–H and O–H groups in total. The average molecular weight is 1750 g/mol. The summed E-state index contributed by atoms with van der Waals surface area (Å²) in [6.07, 6.45) is 2.28. The molecule has 18 aromatic carbocycles. The normalized spacial score (nSPS) is 12.8. The molecule has 1 aliphatic rings. The molecule has 0 saturated carbocycles.